The van der Waals surface area contributed by atoms with Gasteiger partial charge in [0.1, 0.15) is 11.6 Å². The van der Waals surface area contributed by atoms with E-state index in [4.69, 9.17) is 4.74 Å². The maximum Gasteiger partial charge on any atom is 0.264 e. The van der Waals surface area contributed by atoms with Crippen molar-refractivity contribution in [3.8, 4) is 5.75 Å². The maximum atomic E-state index is 13.9. The molecular weight excluding hydrogens is 467 g/mol. The summed E-state index contributed by atoms with van der Waals surface area (Å²) in [4.78, 5) is 0.144. The first-order valence-corrected chi connectivity index (χ1v) is 13.3. The van der Waals surface area contributed by atoms with Gasteiger partial charge in [0.05, 0.1) is 23.4 Å². The number of fused-ring (bicyclic) bond motifs is 1. The fraction of sp³-hybridized carbons (Fsp3) is 0.217. The topological polar surface area (TPSA) is 92.8 Å². The molecule has 0 aliphatic carbocycles. The van der Waals surface area contributed by atoms with E-state index in [1.165, 1.54) is 47.8 Å². The van der Waals surface area contributed by atoms with Crippen LogP contribution in [0.25, 0.3) is 0 Å². The highest BCUT2D eigenvalue weighted by atomic mass is 32.2. The molecule has 0 amide bonds. The van der Waals surface area contributed by atoms with Crippen molar-refractivity contribution in [1.82, 2.24) is 0 Å². The minimum Gasteiger partial charge on any atom is -0.497 e. The number of sulfonamides is 2. The van der Waals surface area contributed by atoms with Gasteiger partial charge in [-0.15, -0.1) is 0 Å². The van der Waals surface area contributed by atoms with Gasteiger partial charge >= 0.3 is 0 Å². The van der Waals surface area contributed by atoms with Crippen LogP contribution in [0.2, 0.25) is 0 Å². The molecule has 0 atom stereocenters. The normalized spacial score (nSPS) is 13.9. The highest BCUT2D eigenvalue weighted by Crippen LogP contribution is 2.34. The summed E-state index contributed by atoms with van der Waals surface area (Å²) in [6, 6.07) is 16.6. The quantitative estimate of drug-likeness (QED) is 0.542. The summed E-state index contributed by atoms with van der Waals surface area (Å²) in [5, 5.41) is 0. The summed E-state index contributed by atoms with van der Waals surface area (Å²) in [5.74, 6) is -0.539. The van der Waals surface area contributed by atoms with Crippen molar-refractivity contribution in [3.63, 3.8) is 0 Å². The maximum absolute atomic E-state index is 13.9. The van der Waals surface area contributed by atoms with E-state index in [0.29, 0.717) is 42.1 Å². The Morgan fingerprint density at radius 1 is 1.00 bits per heavy atom. The van der Waals surface area contributed by atoms with Gasteiger partial charge < -0.3 is 4.74 Å². The fourth-order valence-electron chi connectivity index (χ4n) is 3.79. The van der Waals surface area contributed by atoms with E-state index in [0.717, 1.165) is 0 Å². The molecule has 0 radical (unpaired) electrons. The monoisotopic (exact) mass is 490 g/mol. The number of nitrogens with one attached hydrogen (secondary N) is 1. The number of anilines is 2. The number of nitrogens with zero attached hydrogens (tertiary/aromatic N) is 1. The van der Waals surface area contributed by atoms with Crippen molar-refractivity contribution in [2.75, 3.05) is 22.7 Å². The molecule has 1 heterocycles. The second-order valence-electron chi connectivity index (χ2n) is 7.65. The van der Waals surface area contributed by atoms with E-state index in [9.17, 15) is 21.2 Å². The number of hydrogen-bond donors (Lipinski definition) is 1. The molecule has 0 bridgehead atoms. The van der Waals surface area contributed by atoms with Crippen molar-refractivity contribution < 1.29 is 26.0 Å². The Bertz CT molecular complexity index is 1370. The number of benzene rings is 3. The molecule has 7 nitrogen and oxygen atoms in total. The largest absolute Gasteiger partial charge is 0.497 e. The molecule has 1 aliphatic rings. The molecule has 0 fully saturated rings. The number of methoxy groups -OCH3 is 1. The molecule has 0 unspecified atom stereocenters. The van der Waals surface area contributed by atoms with Gasteiger partial charge in [-0.2, -0.15) is 0 Å². The zero-order valence-corrected chi connectivity index (χ0v) is 19.5. The van der Waals surface area contributed by atoms with E-state index in [1.807, 2.05) is 0 Å². The Morgan fingerprint density at radius 2 is 1.73 bits per heavy atom. The lowest BCUT2D eigenvalue weighted by molar-refractivity contribution is 0.414. The van der Waals surface area contributed by atoms with Crippen LogP contribution >= 0.6 is 0 Å². The van der Waals surface area contributed by atoms with E-state index in [-0.39, 0.29) is 10.5 Å². The van der Waals surface area contributed by atoms with Crippen LogP contribution in [0.15, 0.2) is 71.6 Å². The Kier molecular flexibility index (Phi) is 6.31. The zero-order chi connectivity index (χ0) is 23.6. The highest BCUT2D eigenvalue weighted by Gasteiger charge is 2.29. The van der Waals surface area contributed by atoms with Gasteiger partial charge in [-0.1, -0.05) is 18.2 Å². The summed E-state index contributed by atoms with van der Waals surface area (Å²) >= 11 is 0. The minimum absolute atomic E-state index is 0.0692. The number of aryl methyl sites for hydroxylation is 1. The van der Waals surface area contributed by atoms with Gasteiger partial charge in [0, 0.05) is 17.8 Å². The molecule has 33 heavy (non-hydrogen) atoms. The molecule has 3 aromatic carbocycles. The summed E-state index contributed by atoms with van der Waals surface area (Å²) in [6.45, 7) is 0.319. The van der Waals surface area contributed by atoms with E-state index >= 15 is 0 Å². The van der Waals surface area contributed by atoms with E-state index in [2.05, 4.69) is 4.72 Å². The van der Waals surface area contributed by atoms with Crippen LogP contribution in [-0.4, -0.2) is 30.5 Å². The smallest absolute Gasteiger partial charge is 0.264 e. The summed E-state index contributed by atoms with van der Waals surface area (Å²) < 4.78 is 74.3. The summed E-state index contributed by atoms with van der Waals surface area (Å²) in [7, 11) is -6.15. The molecule has 4 rings (SSSR count). The van der Waals surface area contributed by atoms with Gasteiger partial charge in [0.2, 0.25) is 10.0 Å². The first kappa shape index (κ1) is 23.1. The summed E-state index contributed by atoms with van der Waals surface area (Å²) in [5.41, 5.74) is 1.59. The van der Waals surface area contributed by atoms with Gasteiger partial charge in [-0.05, 0) is 66.9 Å². The first-order chi connectivity index (χ1) is 15.7. The van der Waals surface area contributed by atoms with Crippen molar-refractivity contribution >= 4 is 31.4 Å². The molecule has 3 aromatic rings. The van der Waals surface area contributed by atoms with Gasteiger partial charge in [-0.25, -0.2) is 21.2 Å². The summed E-state index contributed by atoms with van der Waals surface area (Å²) in [6.07, 6.45) is 1.20. The third-order valence-electron chi connectivity index (χ3n) is 5.38. The molecule has 0 spiro atoms. The molecule has 1 N–H and O–H groups in total. The van der Waals surface area contributed by atoms with Crippen LogP contribution in [-0.2, 0) is 32.2 Å². The van der Waals surface area contributed by atoms with Gasteiger partial charge in [-0.3, -0.25) is 9.03 Å². The van der Waals surface area contributed by atoms with Gasteiger partial charge in [0.15, 0.2) is 0 Å². The van der Waals surface area contributed by atoms with Crippen LogP contribution in [0.5, 0.6) is 5.75 Å². The predicted molar refractivity (Wildman–Crippen MR) is 125 cm³/mol. The Morgan fingerprint density at radius 3 is 2.42 bits per heavy atom. The highest BCUT2D eigenvalue weighted by molar-refractivity contribution is 7.93. The second kappa shape index (κ2) is 9.03. The average molecular weight is 491 g/mol. The molecule has 0 saturated carbocycles. The van der Waals surface area contributed by atoms with Crippen molar-refractivity contribution in [2.24, 2.45) is 0 Å². The standard InChI is InChI=1S/C23H23FN2O5S2/c1-31-20-9-11-21(12-10-20)33(29,30)26-14-4-6-17-15-19(8-13-23(17)26)25-32(27,28)16-18-5-2-3-7-22(18)24/h2-3,5,7-13,15,25H,4,6,14,16H2,1H3. The lowest BCUT2D eigenvalue weighted by Gasteiger charge is -2.31. The SMILES string of the molecule is COc1ccc(S(=O)(=O)N2CCCc3cc(NS(=O)(=O)Cc4ccccc4F)ccc32)cc1. The van der Waals surface area contributed by atoms with Crippen LogP contribution in [0.1, 0.15) is 17.5 Å². The van der Waals surface area contributed by atoms with Crippen LogP contribution in [0.3, 0.4) is 0 Å². The number of ether oxygens (including phenoxy) is 1. The molecule has 0 saturated heterocycles. The predicted octanol–water partition coefficient (Wildman–Crippen LogP) is 3.92. The van der Waals surface area contributed by atoms with Crippen molar-refractivity contribution in [2.45, 2.75) is 23.5 Å². The number of hydrogen-bond acceptors (Lipinski definition) is 5. The second-order valence-corrected chi connectivity index (χ2v) is 11.2. The molecule has 0 aromatic heterocycles. The lowest BCUT2D eigenvalue weighted by atomic mass is 10.0. The minimum atomic E-state index is -3.86. The molecule has 1 aliphatic heterocycles. The first-order valence-electron chi connectivity index (χ1n) is 10.2. The van der Waals surface area contributed by atoms with Crippen LogP contribution in [0.4, 0.5) is 15.8 Å². The van der Waals surface area contributed by atoms with Crippen molar-refractivity contribution in [1.29, 1.82) is 0 Å². The lowest BCUT2D eigenvalue weighted by Crippen LogP contribution is -2.35. The van der Waals surface area contributed by atoms with Gasteiger partial charge in [0.25, 0.3) is 10.0 Å². The third-order valence-corrected chi connectivity index (χ3v) is 8.44. The molecule has 174 valence electrons. The Hall–Kier alpha value is -3.11. The number of rotatable bonds is 7. The average Bonchev–Trinajstić information content (AvgIpc) is 2.79. The van der Waals surface area contributed by atoms with Crippen LogP contribution in [0, 0.1) is 5.82 Å². The number of halogens is 1. The van der Waals surface area contributed by atoms with Crippen molar-refractivity contribution in [3.05, 3.63) is 83.7 Å². The zero-order valence-electron chi connectivity index (χ0n) is 17.9. The fourth-order valence-corrected chi connectivity index (χ4v) is 6.53. The van der Waals surface area contributed by atoms with Crippen LogP contribution < -0.4 is 13.8 Å². The van der Waals surface area contributed by atoms with E-state index in [1.54, 1.807) is 30.3 Å². The Labute approximate surface area is 192 Å². The molecule has 10 heteroatoms. The Balaban J connectivity index is 1.58. The van der Waals surface area contributed by atoms with E-state index < -0.39 is 31.6 Å². The third kappa shape index (κ3) is 4.96. The molecular formula is C23H23FN2O5S2.